The zero-order valence-electron chi connectivity index (χ0n) is 16.7. The van der Waals surface area contributed by atoms with E-state index in [1.807, 2.05) is 26.0 Å². The van der Waals surface area contributed by atoms with Gasteiger partial charge < -0.3 is 9.84 Å². The molecule has 0 fully saturated rings. The van der Waals surface area contributed by atoms with Crippen molar-refractivity contribution in [3.63, 3.8) is 0 Å². The average molecular weight is 349 g/mol. The lowest BCUT2D eigenvalue weighted by atomic mass is 9.89. The summed E-state index contributed by atoms with van der Waals surface area (Å²) in [5.41, 5.74) is 2.43. The largest absolute Gasteiger partial charge is 0.508 e. The summed E-state index contributed by atoms with van der Waals surface area (Å²) in [5, 5.41) is 9.98. The minimum absolute atomic E-state index is 0.368. The maximum Gasteiger partial charge on any atom is 0.293 e. The molecule has 1 rings (SSSR count). The average Bonchev–Trinajstić information content (AvgIpc) is 2.47. The lowest BCUT2D eigenvalue weighted by molar-refractivity contribution is -0.140. The zero-order valence-corrected chi connectivity index (χ0v) is 16.7. The van der Waals surface area contributed by atoms with E-state index in [1.165, 1.54) is 24.0 Å². The predicted octanol–water partition coefficient (Wildman–Crippen LogP) is 5.82. The smallest absolute Gasteiger partial charge is 0.293 e. The Bertz CT molecular complexity index is 527. The Hall–Kier alpha value is -1.51. The van der Waals surface area contributed by atoms with E-state index in [1.54, 1.807) is 0 Å². The number of carbonyl (C=O) groups excluding carboxylic acids is 1. The molecule has 0 aliphatic carbocycles. The first-order valence-electron chi connectivity index (χ1n) is 9.55. The fourth-order valence-corrected chi connectivity index (χ4v) is 3.09. The van der Waals surface area contributed by atoms with E-state index in [2.05, 4.69) is 26.8 Å². The second kappa shape index (κ2) is 9.84. The number of aryl methyl sites for hydroxylation is 2. The summed E-state index contributed by atoms with van der Waals surface area (Å²) < 4.78 is 5.08. The predicted molar refractivity (Wildman–Crippen MR) is 104 cm³/mol. The molecule has 0 aliphatic heterocycles. The second-order valence-electron chi connectivity index (χ2n) is 8.96. The van der Waals surface area contributed by atoms with Crippen molar-refractivity contribution in [3.8, 4) is 5.75 Å². The molecule has 25 heavy (non-hydrogen) atoms. The number of aromatic hydroxyl groups is 1. The highest BCUT2D eigenvalue weighted by Gasteiger charge is 2.17. The van der Waals surface area contributed by atoms with Crippen LogP contribution in [0.4, 0.5) is 0 Å². The lowest BCUT2D eigenvalue weighted by Crippen LogP contribution is -2.23. The molecule has 0 radical (unpaired) electrons. The monoisotopic (exact) mass is 348 g/mol. The van der Waals surface area contributed by atoms with Crippen LogP contribution in [0.15, 0.2) is 18.2 Å². The van der Waals surface area contributed by atoms with Gasteiger partial charge in [-0.05, 0) is 87.5 Å². The highest BCUT2D eigenvalue weighted by atomic mass is 16.5. The Kier molecular flexibility index (Phi) is 8.47. The van der Waals surface area contributed by atoms with Gasteiger partial charge in [-0.1, -0.05) is 33.3 Å². The molecule has 0 saturated heterocycles. The SMILES string of the molecule is CC(C)(C)CCCCc1cc(O)cc(CCCCC(C)(C)OC=O)c1. The van der Waals surface area contributed by atoms with Gasteiger partial charge in [0, 0.05) is 0 Å². The van der Waals surface area contributed by atoms with Crippen molar-refractivity contribution < 1.29 is 14.6 Å². The van der Waals surface area contributed by atoms with E-state index in [0.29, 0.717) is 17.6 Å². The molecule has 0 unspecified atom stereocenters. The zero-order chi connectivity index (χ0) is 18.9. The van der Waals surface area contributed by atoms with Gasteiger partial charge in [0.2, 0.25) is 0 Å². The van der Waals surface area contributed by atoms with Gasteiger partial charge in [-0.25, -0.2) is 0 Å². The molecular formula is C22H36O3. The van der Waals surface area contributed by atoms with Crippen molar-refractivity contribution in [3.05, 3.63) is 29.3 Å². The van der Waals surface area contributed by atoms with E-state index >= 15 is 0 Å². The Labute approximate surface area is 153 Å². The Morgan fingerprint density at radius 3 is 1.88 bits per heavy atom. The molecule has 0 aromatic heterocycles. The van der Waals surface area contributed by atoms with E-state index in [0.717, 1.165) is 38.5 Å². The molecule has 3 nitrogen and oxygen atoms in total. The maximum atomic E-state index is 10.5. The van der Waals surface area contributed by atoms with Crippen LogP contribution < -0.4 is 0 Å². The second-order valence-corrected chi connectivity index (χ2v) is 8.96. The molecule has 3 heteroatoms. The van der Waals surface area contributed by atoms with Gasteiger partial charge in [0.1, 0.15) is 11.4 Å². The van der Waals surface area contributed by atoms with Gasteiger partial charge in [-0.2, -0.15) is 0 Å². The minimum Gasteiger partial charge on any atom is -0.508 e. The first-order valence-corrected chi connectivity index (χ1v) is 9.55. The number of phenols is 1. The number of benzene rings is 1. The van der Waals surface area contributed by atoms with E-state index in [4.69, 9.17) is 4.74 Å². The number of unbranched alkanes of at least 4 members (excludes halogenated alkanes) is 2. The molecular weight excluding hydrogens is 312 g/mol. The van der Waals surface area contributed by atoms with E-state index in [-0.39, 0.29) is 0 Å². The van der Waals surface area contributed by atoms with Crippen LogP contribution in [0.25, 0.3) is 0 Å². The fraction of sp³-hybridized carbons (Fsp3) is 0.682. The molecule has 0 spiro atoms. The Morgan fingerprint density at radius 1 is 0.880 bits per heavy atom. The van der Waals surface area contributed by atoms with Gasteiger partial charge in [0.05, 0.1) is 0 Å². The van der Waals surface area contributed by atoms with Gasteiger partial charge in [-0.3, -0.25) is 4.79 Å². The number of carbonyl (C=O) groups is 1. The molecule has 142 valence electrons. The van der Waals surface area contributed by atoms with Crippen LogP contribution in [0.3, 0.4) is 0 Å². The summed E-state index contributed by atoms with van der Waals surface area (Å²) in [6.07, 6.45) is 8.47. The van der Waals surface area contributed by atoms with Crippen LogP contribution in [0.5, 0.6) is 5.75 Å². The summed E-state index contributed by atoms with van der Waals surface area (Å²) in [4.78, 5) is 10.5. The molecule has 0 saturated carbocycles. The van der Waals surface area contributed by atoms with Crippen LogP contribution in [0.1, 0.15) is 84.3 Å². The molecule has 0 atom stereocenters. The highest BCUT2D eigenvalue weighted by molar-refractivity contribution is 5.38. The Morgan fingerprint density at radius 2 is 1.40 bits per heavy atom. The standard InChI is InChI=1S/C22H36O3/c1-21(2,3)12-8-6-10-18-14-19(16-20(24)15-18)11-7-9-13-22(4,5)25-17-23/h14-17,24H,6-13H2,1-5H3. The molecule has 0 heterocycles. The van der Waals surface area contributed by atoms with Gasteiger partial charge >= 0.3 is 0 Å². The summed E-state index contributed by atoms with van der Waals surface area (Å²) in [6.45, 7) is 11.2. The van der Waals surface area contributed by atoms with Crippen LogP contribution in [-0.2, 0) is 22.4 Å². The third-order valence-electron chi connectivity index (χ3n) is 4.54. The molecule has 1 aromatic carbocycles. The van der Waals surface area contributed by atoms with Crippen LogP contribution in [0, 0.1) is 5.41 Å². The van der Waals surface area contributed by atoms with Crippen molar-refractivity contribution in [2.24, 2.45) is 5.41 Å². The van der Waals surface area contributed by atoms with Crippen molar-refractivity contribution in [2.75, 3.05) is 0 Å². The summed E-state index contributed by atoms with van der Waals surface area (Å²) in [6, 6.07) is 5.98. The van der Waals surface area contributed by atoms with Crippen LogP contribution in [-0.4, -0.2) is 17.2 Å². The van der Waals surface area contributed by atoms with Crippen molar-refractivity contribution >= 4 is 6.47 Å². The number of hydrogen-bond donors (Lipinski definition) is 1. The summed E-state index contributed by atoms with van der Waals surface area (Å²) in [5.74, 6) is 0.368. The normalized spacial score (nSPS) is 12.2. The lowest BCUT2D eigenvalue weighted by Gasteiger charge is -2.22. The summed E-state index contributed by atoms with van der Waals surface area (Å²) in [7, 11) is 0. The number of rotatable bonds is 11. The van der Waals surface area contributed by atoms with E-state index < -0.39 is 5.60 Å². The molecule has 1 aromatic rings. The van der Waals surface area contributed by atoms with Crippen LogP contribution in [0.2, 0.25) is 0 Å². The third kappa shape index (κ3) is 10.2. The topological polar surface area (TPSA) is 46.5 Å². The highest BCUT2D eigenvalue weighted by Crippen LogP contribution is 2.24. The van der Waals surface area contributed by atoms with Gasteiger partial charge in [0.25, 0.3) is 6.47 Å². The Balaban J connectivity index is 2.42. The number of ether oxygens (including phenoxy) is 1. The third-order valence-corrected chi connectivity index (χ3v) is 4.54. The van der Waals surface area contributed by atoms with Gasteiger partial charge in [0.15, 0.2) is 0 Å². The number of hydrogen-bond acceptors (Lipinski definition) is 3. The molecule has 1 N–H and O–H groups in total. The van der Waals surface area contributed by atoms with Crippen molar-refractivity contribution in [1.82, 2.24) is 0 Å². The molecule has 0 bridgehead atoms. The van der Waals surface area contributed by atoms with Crippen LogP contribution >= 0.6 is 0 Å². The van der Waals surface area contributed by atoms with Gasteiger partial charge in [-0.15, -0.1) is 0 Å². The minimum atomic E-state index is -0.390. The summed E-state index contributed by atoms with van der Waals surface area (Å²) >= 11 is 0. The van der Waals surface area contributed by atoms with E-state index in [9.17, 15) is 9.90 Å². The fourth-order valence-electron chi connectivity index (χ4n) is 3.09. The van der Waals surface area contributed by atoms with Crippen molar-refractivity contribution in [2.45, 2.75) is 91.6 Å². The van der Waals surface area contributed by atoms with Crippen molar-refractivity contribution in [1.29, 1.82) is 0 Å². The molecule has 0 amide bonds. The quantitative estimate of drug-likeness (QED) is 0.405. The first-order chi connectivity index (χ1) is 11.6. The first kappa shape index (κ1) is 21.5. The maximum absolute atomic E-state index is 10.5. The number of phenolic OH excluding ortho intramolecular Hbond substituents is 1. The molecule has 0 aliphatic rings.